The maximum Gasteiger partial charge on any atom is 0.293 e. The van der Waals surface area contributed by atoms with Gasteiger partial charge in [-0.25, -0.2) is 0 Å². The van der Waals surface area contributed by atoms with Crippen LogP contribution in [0.5, 0.6) is 11.5 Å². The van der Waals surface area contributed by atoms with Crippen LogP contribution >= 0.6 is 11.3 Å². The van der Waals surface area contributed by atoms with Crippen LogP contribution < -0.4 is 0 Å². The third kappa shape index (κ3) is 3.53. The second-order valence-electron chi connectivity index (χ2n) is 4.48. The van der Waals surface area contributed by atoms with Gasteiger partial charge in [-0.1, -0.05) is 0 Å². The molecular formula is C13H14N2O4S2. The fraction of sp³-hybridized carbons (Fsp3) is 0.154. The molecule has 0 atom stereocenters. The minimum Gasteiger partial charge on any atom is -0.504 e. The molecule has 8 heteroatoms. The molecule has 0 aliphatic heterocycles. The monoisotopic (exact) mass is 326 g/mol. The minimum absolute atomic E-state index is 0.114. The molecule has 0 aliphatic rings. The zero-order chi connectivity index (χ0) is 15.6. The molecule has 0 unspecified atom stereocenters. The highest BCUT2D eigenvalue weighted by Gasteiger charge is 2.16. The molecule has 0 radical (unpaired) electrons. The van der Waals surface area contributed by atoms with Crippen LogP contribution in [-0.4, -0.2) is 44.0 Å². The van der Waals surface area contributed by atoms with Gasteiger partial charge in [-0.3, -0.25) is 0 Å². The van der Waals surface area contributed by atoms with Gasteiger partial charge in [0.1, 0.15) is 10.5 Å². The van der Waals surface area contributed by atoms with E-state index < -0.39 is 10.0 Å². The summed E-state index contributed by atoms with van der Waals surface area (Å²) in [6.45, 7) is 0. The highest BCUT2D eigenvalue weighted by atomic mass is 32.2. The molecule has 0 spiro atoms. The van der Waals surface area contributed by atoms with Crippen LogP contribution in [-0.2, 0) is 10.0 Å². The lowest BCUT2D eigenvalue weighted by Gasteiger charge is -2.02. The largest absolute Gasteiger partial charge is 0.504 e. The van der Waals surface area contributed by atoms with Crippen LogP contribution in [0.3, 0.4) is 0 Å². The summed E-state index contributed by atoms with van der Waals surface area (Å²) in [4.78, 5) is 2.19. The number of hydrogen-bond acceptors (Lipinski definition) is 5. The van der Waals surface area contributed by atoms with E-state index in [1.807, 2.05) is 0 Å². The van der Waals surface area contributed by atoms with Gasteiger partial charge in [-0.15, -0.1) is 15.7 Å². The van der Waals surface area contributed by atoms with Crippen molar-refractivity contribution in [2.45, 2.75) is 4.21 Å². The maximum atomic E-state index is 12.0. The second kappa shape index (κ2) is 5.74. The molecule has 0 saturated carbocycles. The highest BCUT2D eigenvalue weighted by molar-refractivity contribution is 7.92. The van der Waals surface area contributed by atoms with Crippen molar-refractivity contribution >= 4 is 27.7 Å². The van der Waals surface area contributed by atoms with Gasteiger partial charge in [0.15, 0.2) is 11.5 Å². The van der Waals surface area contributed by atoms with Crippen molar-refractivity contribution in [1.29, 1.82) is 0 Å². The molecule has 2 aromatic rings. The molecular weight excluding hydrogens is 312 g/mol. The van der Waals surface area contributed by atoms with E-state index in [2.05, 4.69) is 4.40 Å². The van der Waals surface area contributed by atoms with Gasteiger partial charge in [0, 0.05) is 19.0 Å². The first-order valence-corrected chi connectivity index (χ1v) is 8.14. The van der Waals surface area contributed by atoms with E-state index in [1.165, 1.54) is 29.4 Å². The van der Waals surface area contributed by atoms with Crippen molar-refractivity contribution in [1.82, 2.24) is 4.90 Å². The van der Waals surface area contributed by atoms with Gasteiger partial charge in [0.05, 0.1) is 0 Å². The number of hydrogen-bond donors (Lipinski definition) is 2. The molecule has 0 saturated heterocycles. The Morgan fingerprint density at radius 2 is 1.86 bits per heavy atom. The molecule has 2 N–H and O–H groups in total. The number of rotatable bonds is 4. The third-order valence-electron chi connectivity index (χ3n) is 2.51. The summed E-state index contributed by atoms with van der Waals surface area (Å²) in [6.07, 6.45) is 1.22. The number of sulfonamides is 1. The summed E-state index contributed by atoms with van der Waals surface area (Å²) in [6, 6.07) is 7.42. The lowest BCUT2D eigenvalue weighted by atomic mass is 10.2. The average molecular weight is 326 g/mol. The molecule has 0 bridgehead atoms. The Balaban J connectivity index is 2.35. The normalized spacial score (nSPS) is 11.9. The van der Waals surface area contributed by atoms with Gasteiger partial charge in [-0.2, -0.15) is 8.42 Å². The lowest BCUT2D eigenvalue weighted by molar-refractivity contribution is 0.404. The molecule has 0 amide bonds. The zero-order valence-corrected chi connectivity index (χ0v) is 13.0. The van der Waals surface area contributed by atoms with E-state index in [0.29, 0.717) is 10.4 Å². The van der Waals surface area contributed by atoms with Gasteiger partial charge in [0.2, 0.25) is 0 Å². The molecule has 21 heavy (non-hydrogen) atoms. The second-order valence-corrected chi connectivity index (χ2v) is 7.42. The molecule has 0 fully saturated rings. The van der Waals surface area contributed by atoms with Crippen LogP contribution in [0.2, 0.25) is 0 Å². The summed E-state index contributed by atoms with van der Waals surface area (Å²) < 4.78 is 27.7. The van der Waals surface area contributed by atoms with Crippen molar-refractivity contribution in [2.75, 3.05) is 14.1 Å². The van der Waals surface area contributed by atoms with E-state index in [4.69, 9.17) is 0 Å². The summed E-state index contributed by atoms with van der Waals surface area (Å²) in [5.41, 5.74) is 0.619. The first kappa shape index (κ1) is 15.3. The van der Waals surface area contributed by atoms with E-state index in [-0.39, 0.29) is 15.7 Å². The molecule has 6 nitrogen and oxygen atoms in total. The zero-order valence-electron chi connectivity index (χ0n) is 11.4. The van der Waals surface area contributed by atoms with E-state index in [1.54, 1.807) is 26.2 Å². The van der Waals surface area contributed by atoms with Crippen molar-refractivity contribution in [3.05, 3.63) is 30.3 Å². The summed E-state index contributed by atoms with van der Waals surface area (Å²) in [5, 5.41) is 18.8. The van der Waals surface area contributed by atoms with Gasteiger partial charge < -0.3 is 15.1 Å². The number of aromatic hydroxyl groups is 2. The Hall–Kier alpha value is -2.06. The van der Waals surface area contributed by atoms with Crippen LogP contribution in [0.15, 0.2) is 38.9 Å². The molecule has 1 aromatic carbocycles. The Bertz CT molecular complexity index is 779. The Morgan fingerprint density at radius 3 is 2.48 bits per heavy atom. The SMILES string of the molecule is CN(C)C=NS(=O)(=O)c1ccc(-c2ccc(O)c(O)c2)s1. The van der Waals surface area contributed by atoms with Crippen molar-refractivity contribution in [3.63, 3.8) is 0 Å². The fourth-order valence-corrected chi connectivity index (χ4v) is 3.71. The summed E-state index contributed by atoms with van der Waals surface area (Å²) >= 11 is 1.05. The Morgan fingerprint density at radius 1 is 1.14 bits per heavy atom. The number of thiophene rings is 1. The average Bonchev–Trinajstić information content (AvgIpc) is 2.90. The van der Waals surface area contributed by atoms with E-state index in [0.717, 1.165) is 11.3 Å². The number of phenolic OH excluding ortho intramolecular Hbond substituents is 2. The van der Waals surface area contributed by atoms with Crippen molar-refractivity contribution in [2.24, 2.45) is 4.40 Å². The van der Waals surface area contributed by atoms with Crippen molar-refractivity contribution < 1.29 is 18.6 Å². The van der Waals surface area contributed by atoms with Crippen LogP contribution in [0.25, 0.3) is 10.4 Å². The first-order valence-electron chi connectivity index (χ1n) is 5.89. The quantitative estimate of drug-likeness (QED) is 0.510. The Kier molecular flexibility index (Phi) is 4.19. The van der Waals surface area contributed by atoms with Gasteiger partial charge in [-0.05, 0) is 35.9 Å². The predicted molar refractivity (Wildman–Crippen MR) is 82.4 cm³/mol. The predicted octanol–water partition coefficient (Wildman–Crippen LogP) is 2.10. The third-order valence-corrected chi connectivity index (χ3v) is 5.34. The minimum atomic E-state index is -3.73. The topological polar surface area (TPSA) is 90.2 Å². The number of nitrogens with zero attached hydrogens (tertiary/aromatic N) is 2. The maximum absolute atomic E-state index is 12.0. The lowest BCUT2D eigenvalue weighted by Crippen LogP contribution is -2.09. The summed E-state index contributed by atoms with van der Waals surface area (Å²) in [5.74, 6) is -0.477. The Labute approximate surface area is 126 Å². The molecule has 0 aliphatic carbocycles. The van der Waals surface area contributed by atoms with Gasteiger partial charge >= 0.3 is 0 Å². The highest BCUT2D eigenvalue weighted by Crippen LogP contribution is 2.35. The smallest absolute Gasteiger partial charge is 0.293 e. The standard InChI is InChI=1S/C13H14N2O4S2/c1-15(2)8-14-21(18,19)13-6-5-12(20-13)9-3-4-10(16)11(17)7-9/h3-8,16-17H,1-2H3. The molecule has 2 rings (SSSR count). The molecule has 1 heterocycles. The van der Waals surface area contributed by atoms with Crippen LogP contribution in [0.4, 0.5) is 0 Å². The molecule has 112 valence electrons. The first-order chi connectivity index (χ1) is 9.79. The van der Waals surface area contributed by atoms with Crippen LogP contribution in [0.1, 0.15) is 0 Å². The van der Waals surface area contributed by atoms with E-state index >= 15 is 0 Å². The van der Waals surface area contributed by atoms with Crippen molar-refractivity contribution in [3.8, 4) is 21.9 Å². The number of benzene rings is 1. The van der Waals surface area contributed by atoms with Crippen LogP contribution in [0, 0.1) is 0 Å². The summed E-state index contributed by atoms with van der Waals surface area (Å²) in [7, 11) is -0.369. The number of phenols is 2. The van der Waals surface area contributed by atoms with E-state index in [9.17, 15) is 18.6 Å². The fourth-order valence-electron chi connectivity index (χ4n) is 1.50. The molecule has 1 aromatic heterocycles. The van der Waals surface area contributed by atoms with Gasteiger partial charge in [0.25, 0.3) is 10.0 Å².